The minimum atomic E-state index is -0.407. The van der Waals surface area contributed by atoms with E-state index in [-0.39, 0.29) is 17.5 Å². The zero-order valence-electron chi connectivity index (χ0n) is 19.4. The molecule has 174 valence electrons. The van der Waals surface area contributed by atoms with Crippen LogP contribution in [0, 0.1) is 6.92 Å². The van der Waals surface area contributed by atoms with Gasteiger partial charge >= 0.3 is 6.03 Å². The highest BCUT2D eigenvalue weighted by molar-refractivity contribution is 5.87. The van der Waals surface area contributed by atoms with E-state index in [2.05, 4.69) is 25.5 Å². The SMILES string of the molecule is Cc1ccc(-c2nc(NC(=O)N(C)Cc3ccccn3)nnc2-c2ccc(=O)n(C(C)C)c2)o1. The molecule has 34 heavy (non-hydrogen) atoms. The molecule has 4 rings (SSSR count). The van der Waals surface area contributed by atoms with Crippen LogP contribution >= 0.6 is 0 Å². The number of carbonyl (C=O) groups is 1. The van der Waals surface area contributed by atoms with Crippen molar-refractivity contribution < 1.29 is 9.21 Å². The molecule has 0 spiro atoms. The topological polar surface area (TPSA) is 119 Å². The van der Waals surface area contributed by atoms with Crippen molar-refractivity contribution in [3.05, 3.63) is 76.7 Å². The zero-order chi connectivity index (χ0) is 24.2. The molecule has 0 saturated heterocycles. The maximum absolute atomic E-state index is 12.7. The lowest BCUT2D eigenvalue weighted by Crippen LogP contribution is -2.32. The molecule has 10 heteroatoms. The van der Waals surface area contributed by atoms with Crippen molar-refractivity contribution in [2.24, 2.45) is 0 Å². The average Bonchev–Trinajstić information content (AvgIpc) is 3.26. The molecule has 0 unspecified atom stereocenters. The van der Waals surface area contributed by atoms with Crippen LogP contribution in [-0.4, -0.2) is 42.7 Å². The van der Waals surface area contributed by atoms with Gasteiger partial charge in [0.2, 0.25) is 0 Å². The second-order valence-corrected chi connectivity index (χ2v) is 8.11. The summed E-state index contributed by atoms with van der Waals surface area (Å²) in [7, 11) is 1.65. The standard InChI is InChI=1S/C24H25N7O3/c1-15(2)31-13-17(9-11-20(31)32)21-22(19-10-8-16(3)34-19)26-23(29-28-21)27-24(33)30(4)14-18-7-5-6-12-25-18/h5-13,15H,14H2,1-4H3,(H,26,27,29,33). The molecule has 0 bridgehead atoms. The van der Waals surface area contributed by atoms with Crippen LogP contribution in [0.2, 0.25) is 0 Å². The predicted molar refractivity (Wildman–Crippen MR) is 127 cm³/mol. The number of hydrogen-bond donors (Lipinski definition) is 1. The lowest BCUT2D eigenvalue weighted by Gasteiger charge is -2.17. The molecule has 0 saturated carbocycles. The Bertz CT molecular complexity index is 1360. The van der Waals surface area contributed by atoms with E-state index in [4.69, 9.17) is 4.42 Å². The number of nitrogens with zero attached hydrogens (tertiary/aromatic N) is 6. The number of pyridine rings is 2. The van der Waals surface area contributed by atoms with Gasteiger partial charge in [-0.25, -0.2) is 9.78 Å². The van der Waals surface area contributed by atoms with Crippen molar-refractivity contribution in [2.45, 2.75) is 33.4 Å². The summed E-state index contributed by atoms with van der Waals surface area (Å²) < 4.78 is 7.40. The minimum absolute atomic E-state index is 0.0304. The summed E-state index contributed by atoms with van der Waals surface area (Å²) in [6.07, 6.45) is 3.39. The fourth-order valence-corrected chi connectivity index (χ4v) is 3.35. The van der Waals surface area contributed by atoms with Crippen molar-refractivity contribution in [2.75, 3.05) is 12.4 Å². The molecular weight excluding hydrogens is 434 g/mol. The monoisotopic (exact) mass is 459 g/mol. The Morgan fingerprint density at radius 1 is 1.12 bits per heavy atom. The Hall–Kier alpha value is -4.34. The number of anilines is 1. The first kappa shape index (κ1) is 22.8. The van der Waals surface area contributed by atoms with Crippen LogP contribution < -0.4 is 10.9 Å². The van der Waals surface area contributed by atoms with Gasteiger partial charge in [0.25, 0.3) is 11.5 Å². The van der Waals surface area contributed by atoms with Gasteiger partial charge in [0.15, 0.2) is 5.76 Å². The van der Waals surface area contributed by atoms with Gasteiger partial charge in [0.05, 0.1) is 12.2 Å². The van der Waals surface area contributed by atoms with Crippen LogP contribution in [0.1, 0.15) is 31.3 Å². The summed E-state index contributed by atoms with van der Waals surface area (Å²) in [5.41, 5.74) is 2.13. The molecule has 1 N–H and O–H groups in total. The van der Waals surface area contributed by atoms with Gasteiger partial charge in [-0.15, -0.1) is 10.2 Å². The van der Waals surface area contributed by atoms with Gasteiger partial charge in [-0.1, -0.05) is 6.07 Å². The van der Waals surface area contributed by atoms with Gasteiger partial charge in [-0.2, -0.15) is 0 Å². The number of amides is 2. The fourth-order valence-electron chi connectivity index (χ4n) is 3.35. The third-order valence-electron chi connectivity index (χ3n) is 5.12. The van der Waals surface area contributed by atoms with Crippen LogP contribution in [-0.2, 0) is 6.54 Å². The van der Waals surface area contributed by atoms with Crippen molar-refractivity contribution in [1.82, 2.24) is 29.6 Å². The first-order valence-corrected chi connectivity index (χ1v) is 10.8. The summed E-state index contributed by atoms with van der Waals surface area (Å²) in [5.74, 6) is 1.21. The molecule has 0 aliphatic heterocycles. The molecule has 0 aliphatic rings. The lowest BCUT2D eigenvalue weighted by atomic mass is 10.1. The fraction of sp³-hybridized carbons (Fsp3) is 0.250. The van der Waals surface area contributed by atoms with Crippen LogP contribution in [0.5, 0.6) is 0 Å². The van der Waals surface area contributed by atoms with Crippen LogP contribution in [0.25, 0.3) is 22.7 Å². The van der Waals surface area contributed by atoms with Crippen LogP contribution in [0.3, 0.4) is 0 Å². The Morgan fingerprint density at radius 2 is 1.94 bits per heavy atom. The highest BCUT2D eigenvalue weighted by Gasteiger charge is 2.19. The van der Waals surface area contributed by atoms with E-state index in [1.54, 1.807) is 36.1 Å². The maximum atomic E-state index is 12.7. The van der Waals surface area contributed by atoms with Crippen LogP contribution in [0.4, 0.5) is 10.7 Å². The Morgan fingerprint density at radius 3 is 2.62 bits per heavy atom. The van der Waals surface area contributed by atoms with Crippen LogP contribution in [0.15, 0.2) is 64.1 Å². The van der Waals surface area contributed by atoms with E-state index in [1.165, 1.54) is 11.0 Å². The molecule has 0 radical (unpaired) electrons. The molecule has 4 aromatic rings. The second-order valence-electron chi connectivity index (χ2n) is 8.11. The largest absolute Gasteiger partial charge is 0.460 e. The van der Waals surface area contributed by atoms with E-state index in [9.17, 15) is 9.59 Å². The third-order valence-corrected chi connectivity index (χ3v) is 5.12. The summed E-state index contributed by atoms with van der Waals surface area (Å²) >= 11 is 0. The van der Waals surface area contributed by atoms with Gasteiger partial charge in [-0.05, 0) is 51.1 Å². The summed E-state index contributed by atoms with van der Waals surface area (Å²) in [6, 6.07) is 11.8. The number of rotatable bonds is 6. The molecular formula is C24H25N7O3. The Balaban J connectivity index is 1.67. The van der Waals surface area contributed by atoms with Gasteiger partial charge in [0.1, 0.15) is 17.1 Å². The number of aryl methyl sites for hydroxylation is 1. The Labute approximate surface area is 196 Å². The molecule has 10 nitrogen and oxygen atoms in total. The smallest absolute Gasteiger partial charge is 0.324 e. The quantitative estimate of drug-likeness (QED) is 0.464. The van der Waals surface area contributed by atoms with E-state index in [0.717, 1.165) is 5.69 Å². The molecule has 0 fully saturated rings. The second kappa shape index (κ2) is 9.65. The van der Waals surface area contributed by atoms with E-state index in [0.29, 0.717) is 35.0 Å². The van der Waals surface area contributed by atoms with E-state index < -0.39 is 6.03 Å². The number of nitrogens with one attached hydrogen (secondary N) is 1. The Kier molecular flexibility index (Phi) is 6.48. The third kappa shape index (κ3) is 5.01. The first-order valence-electron chi connectivity index (χ1n) is 10.8. The number of aromatic nitrogens is 5. The highest BCUT2D eigenvalue weighted by atomic mass is 16.3. The van der Waals surface area contributed by atoms with E-state index in [1.807, 2.05) is 45.0 Å². The highest BCUT2D eigenvalue weighted by Crippen LogP contribution is 2.30. The van der Waals surface area contributed by atoms with Crippen molar-refractivity contribution >= 4 is 12.0 Å². The lowest BCUT2D eigenvalue weighted by molar-refractivity contribution is 0.220. The van der Waals surface area contributed by atoms with Gasteiger partial charge < -0.3 is 13.9 Å². The molecule has 0 aliphatic carbocycles. The van der Waals surface area contributed by atoms with E-state index >= 15 is 0 Å². The summed E-state index contributed by atoms with van der Waals surface area (Å²) in [4.78, 5) is 35.1. The first-order chi connectivity index (χ1) is 16.3. The minimum Gasteiger partial charge on any atom is -0.460 e. The molecule has 2 amide bonds. The number of furan rings is 1. The van der Waals surface area contributed by atoms with Crippen molar-refractivity contribution in [3.8, 4) is 22.7 Å². The zero-order valence-corrected chi connectivity index (χ0v) is 19.4. The average molecular weight is 460 g/mol. The number of hydrogen-bond acceptors (Lipinski definition) is 7. The predicted octanol–water partition coefficient (Wildman–Crippen LogP) is 3.91. The number of carbonyl (C=O) groups excluding carboxylic acids is 1. The molecule has 0 atom stereocenters. The van der Waals surface area contributed by atoms with Crippen molar-refractivity contribution in [1.29, 1.82) is 0 Å². The van der Waals surface area contributed by atoms with Crippen molar-refractivity contribution in [3.63, 3.8) is 0 Å². The van der Waals surface area contributed by atoms with Gasteiger partial charge in [-0.3, -0.25) is 15.1 Å². The maximum Gasteiger partial charge on any atom is 0.324 e. The normalized spacial score (nSPS) is 11.0. The number of urea groups is 1. The van der Waals surface area contributed by atoms with Gasteiger partial charge in [0, 0.05) is 37.1 Å². The summed E-state index contributed by atoms with van der Waals surface area (Å²) in [6.45, 7) is 5.99. The molecule has 0 aromatic carbocycles. The molecule has 4 heterocycles. The summed E-state index contributed by atoms with van der Waals surface area (Å²) in [5, 5.41) is 11.1. The molecule has 4 aromatic heterocycles.